The third kappa shape index (κ3) is 3.37. The molecule has 0 saturated heterocycles. The van der Waals surface area contributed by atoms with Crippen LogP contribution in [0.2, 0.25) is 0 Å². The number of aryl methyl sites for hydroxylation is 1. The minimum absolute atomic E-state index is 0.275. The Labute approximate surface area is 151 Å². The number of nitrogens with zero attached hydrogens (tertiary/aromatic N) is 1. The lowest BCUT2D eigenvalue weighted by atomic mass is 10.2. The number of hydrogen-bond donors (Lipinski definition) is 4. The summed E-state index contributed by atoms with van der Waals surface area (Å²) in [6.45, 7) is 3.68. The van der Waals surface area contributed by atoms with Crippen molar-refractivity contribution >= 4 is 32.8 Å². The molecule has 6 heteroatoms. The van der Waals surface area contributed by atoms with Gasteiger partial charge in [-0.2, -0.15) is 0 Å². The van der Waals surface area contributed by atoms with Gasteiger partial charge >= 0.3 is 0 Å². The topological polar surface area (TPSA) is 75.0 Å². The van der Waals surface area contributed by atoms with Gasteiger partial charge in [-0.3, -0.25) is 5.32 Å². The number of nitrogens with two attached hydrogens (primary N) is 1. The molecule has 0 aliphatic carbocycles. The molecule has 0 bridgehead atoms. The van der Waals surface area contributed by atoms with E-state index in [2.05, 4.69) is 53.2 Å². The van der Waals surface area contributed by atoms with Crippen LogP contribution >= 0.6 is 11.3 Å². The molecule has 0 spiro atoms. The second kappa shape index (κ2) is 6.84. The third-order valence-corrected chi connectivity index (χ3v) is 5.29. The monoisotopic (exact) mass is 351 g/mol. The first-order valence-electron chi connectivity index (χ1n) is 8.37. The molecule has 1 atom stereocenters. The van der Waals surface area contributed by atoms with Gasteiger partial charge in [-0.05, 0) is 31.2 Å². The molecule has 1 aliphatic heterocycles. The maximum atomic E-state index is 6.42. The van der Waals surface area contributed by atoms with Crippen LogP contribution in [0, 0.1) is 6.92 Å². The van der Waals surface area contributed by atoms with E-state index in [1.54, 1.807) is 11.3 Å². The predicted octanol–water partition coefficient (Wildman–Crippen LogP) is 2.86. The Bertz CT molecular complexity index is 880. The summed E-state index contributed by atoms with van der Waals surface area (Å²) < 4.78 is 1.16. The second-order valence-corrected chi connectivity index (χ2v) is 7.16. The zero-order chi connectivity index (χ0) is 17.2. The molecule has 128 valence electrons. The molecular formula is C19H21N5S. The number of rotatable bonds is 3. The fourth-order valence-corrected chi connectivity index (χ4v) is 3.94. The average molecular weight is 351 g/mol. The number of hydrogen-bond acceptors (Lipinski definition) is 6. The van der Waals surface area contributed by atoms with E-state index in [9.17, 15) is 0 Å². The molecule has 2 aromatic carbocycles. The first kappa shape index (κ1) is 16.1. The largest absolute Gasteiger partial charge is 0.370 e. The number of para-hydroxylation sites is 1. The van der Waals surface area contributed by atoms with E-state index in [1.807, 2.05) is 18.2 Å². The quantitative estimate of drug-likeness (QED) is 0.584. The highest BCUT2D eigenvalue weighted by molar-refractivity contribution is 7.19. The van der Waals surface area contributed by atoms with E-state index in [0.29, 0.717) is 0 Å². The molecular weight excluding hydrogens is 330 g/mol. The standard InChI is InChI=1S/C19H21N5S/c1-12-6-8-13(9-7-12)23-18-16(17(20)21-10-11-22-18)19-24-14-4-2-3-5-15(14)25-19/h2-9,17,21-23H,10-11,20H2,1H3. The van der Waals surface area contributed by atoms with Crippen LogP contribution in [-0.4, -0.2) is 24.2 Å². The molecule has 0 radical (unpaired) electrons. The fraction of sp³-hybridized carbons (Fsp3) is 0.211. The van der Waals surface area contributed by atoms with Gasteiger partial charge in [0.05, 0.1) is 22.0 Å². The molecule has 1 unspecified atom stereocenters. The molecule has 0 amide bonds. The molecule has 5 N–H and O–H groups in total. The normalized spacial score (nSPS) is 18.1. The molecule has 0 saturated carbocycles. The van der Waals surface area contributed by atoms with Crippen LogP contribution in [0.25, 0.3) is 15.8 Å². The summed E-state index contributed by atoms with van der Waals surface area (Å²) >= 11 is 1.66. The average Bonchev–Trinajstić information content (AvgIpc) is 2.95. The van der Waals surface area contributed by atoms with E-state index >= 15 is 0 Å². The lowest BCUT2D eigenvalue weighted by Crippen LogP contribution is -2.39. The van der Waals surface area contributed by atoms with Crippen LogP contribution in [0.4, 0.5) is 5.69 Å². The molecule has 25 heavy (non-hydrogen) atoms. The van der Waals surface area contributed by atoms with Gasteiger partial charge in [0.1, 0.15) is 10.8 Å². The molecule has 0 fully saturated rings. The zero-order valence-electron chi connectivity index (χ0n) is 14.0. The summed E-state index contributed by atoms with van der Waals surface area (Å²) in [5.74, 6) is 0.917. The summed E-state index contributed by atoms with van der Waals surface area (Å²) in [5.41, 5.74) is 10.7. The zero-order valence-corrected chi connectivity index (χ0v) is 14.9. The van der Waals surface area contributed by atoms with E-state index in [4.69, 9.17) is 10.7 Å². The van der Waals surface area contributed by atoms with Crippen molar-refractivity contribution in [1.29, 1.82) is 0 Å². The predicted molar refractivity (Wildman–Crippen MR) is 105 cm³/mol. The van der Waals surface area contributed by atoms with Crippen molar-refractivity contribution in [3.63, 3.8) is 0 Å². The van der Waals surface area contributed by atoms with Crippen molar-refractivity contribution in [3.8, 4) is 0 Å². The van der Waals surface area contributed by atoms with Crippen molar-refractivity contribution < 1.29 is 0 Å². The molecule has 1 aromatic heterocycles. The Morgan fingerprint density at radius 2 is 1.92 bits per heavy atom. The highest BCUT2D eigenvalue weighted by atomic mass is 32.1. The number of fused-ring (bicyclic) bond motifs is 1. The second-order valence-electron chi connectivity index (χ2n) is 6.13. The van der Waals surface area contributed by atoms with Gasteiger partial charge in [0, 0.05) is 18.8 Å². The maximum absolute atomic E-state index is 6.42. The third-order valence-electron chi connectivity index (χ3n) is 4.22. The Hall–Kier alpha value is -2.41. The van der Waals surface area contributed by atoms with Crippen LogP contribution in [0.1, 0.15) is 10.6 Å². The van der Waals surface area contributed by atoms with E-state index in [0.717, 1.165) is 45.4 Å². The van der Waals surface area contributed by atoms with E-state index in [-0.39, 0.29) is 6.17 Å². The van der Waals surface area contributed by atoms with Crippen LogP contribution in [0.5, 0.6) is 0 Å². The van der Waals surface area contributed by atoms with Gasteiger partial charge in [0.2, 0.25) is 0 Å². The van der Waals surface area contributed by atoms with E-state index in [1.165, 1.54) is 5.56 Å². The molecule has 2 heterocycles. The Morgan fingerprint density at radius 1 is 1.12 bits per heavy atom. The SMILES string of the molecule is Cc1ccc(NC2=C(c3nc4ccccc4s3)C(N)NCCN2)cc1. The van der Waals surface area contributed by atoms with Gasteiger partial charge in [-0.15, -0.1) is 11.3 Å². The first-order valence-corrected chi connectivity index (χ1v) is 9.19. The maximum Gasteiger partial charge on any atom is 0.127 e. The minimum Gasteiger partial charge on any atom is -0.370 e. The minimum atomic E-state index is -0.275. The van der Waals surface area contributed by atoms with Crippen LogP contribution in [-0.2, 0) is 0 Å². The first-order chi connectivity index (χ1) is 12.2. The number of anilines is 1. The summed E-state index contributed by atoms with van der Waals surface area (Å²) in [5, 5.41) is 11.2. The van der Waals surface area contributed by atoms with Gasteiger partial charge < -0.3 is 16.4 Å². The number of benzene rings is 2. The van der Waals surface area contributed by atoms with E-state index < -0.39 is 0 Å². The molecule has 3 aromatic rings. The number of aromatic nitrogens is 1. The Balaban J connectivity index is 1.78. The van der Waals surface area contributed by atoms with Crippen LogP contribution in [0.15, 0.2) is 54.4 Å². The highest BCUT2D eigenvalue weighted by Crippen LogP contribution is 2.30. The van der Waals surface area contributed by atoms with Crippen LogP contribution in [0.3, 0.4) is 0 Å². The van der Waals surface area contributed by atoms with Gasteiger partial charge in [0.15, 0.2) is 0 Å². The van der Waals surface area contributed by atoms with Crippen molar-refractivity contribution in [2.75, 3.05) is 18.4 Å². The van der Waals surface area contributed by atoms with Crippen molar-refractivity contribution in [1.82, 2.24) is 15.6 Å². The Morgan fingerprint density at radius 3 is 2.72 bits per heavy atom. The molecule has 1 aliphatic rings. The number of thiazole rings is 1. The van der Waals surface area contributed by atoms with Gasteiger partial charge in [-0.25, -0.2) is 4.98 Å². The van der Waals surface area contributed by atoms with Crippen molar-refractivity contribution in [2.24, 2.45) is 5.73 Å². The summed E-state index contributed by atoms with van der Waals surface area (Å²) in [7, 11) is 0. The summed E-state index contributed by atoms with van der Waals surface area (Å²) in [4.78, 5) is 4.80. The lowest BCUT2D eigenvalue weighted by Gasteiger charge is -2.18. The van der Waals surface area contributed by atoms with Gasteiger partial charge in [0.25, 0.3) is 0 Å². The van der Waals surface area contributed by atoms with Crippen LogP contribution < -0.4 is 21.7 Å². The smallest absolute Gasteiger partial charge is 0.127 e. The summed E-state index contributed by atoms with van der Waals surface area (Å²) in [6.07, 6.45) is -0.275. The highest BCUT2D eigenvalue weighted by Gasteiger charge is 2.23. The van der Waals surface area contributed by atoms with Crippen molar-refractivity contribution in [3.05, 3.63) is 64.9 Å². The number of nitrogens with one attached hydrogen (secondary N) is 3. The Kier molecular flexibility index (Phi) is 4.40. The molecule has 4 rings (SSSR count). The summed E-state index contributed by atoms with van der Waals surface area (Å²) in [6, 6.07) is 16.5. The lowest BCUT2D eigenvalue weighted by molar-refractivity contribution is 0.628. The van der Waals surface area contributed by atoms with Gasteiger partial charge in [-0.1, -0.05) is 29.8 Å². The fourth-order valence-electron chi connectivity index (χ4n) is 2.89. The van der Waals surface area contributed by atoms with Crippen molar-refractivity contribution in [2.45, 2.75) is 13.1 Å². The molecule has 5 nitrogen and oxygen atoms in total.